The van der Waals surface area contributed by atoms with Gasteiger partial charge in [-0.2, -0.15) is 5.10 Å². The quantitative estimate of drug-likeness (QED) is 0.696. The molecule has 1 aliphatic rings. The molecule has 2 aromatic rings. The second kappa shape index (κ2) is 9.09. The summed E-state index contributed by atoms with van der Waals surface area (Å²) in [5.41, 5.74) is 1.76. The predicted octanol–water partition coefficient (Wildman–Crippen LogP) is 3.31. The lowest BCUT2D eigenvalue weighted by Crippen LogP contribution is -2.39. The number of carbonyl (C=O) groups is 2. The molecule has 0 N–H and O–H groups in total. The Bertz CT molecular complexity index is 911. The van der Waals surface area contributed by atoms with Crippen molar-refractivity contribution in [3.05, 3.63) is 46.2 Å². The molecule has 29 heavy (non-hydrogen) atoms. The van der Waals surface area contributed by atoms with Crippen molar-refractivity contribution in [1.29, 1.82) is 0 Å². The van der Waals surface area contributed by atoms with E-state index in [2.05, 4.69) is 5.10 Å². The van der Waals surface area contributed by atoms with Crippen LogP contribution in [-0.4, -0.2) is 55.2 Å². The molecule has 0 fully saturated rings. The average molecular weight is 416 g/mol. The zero-order valence-electron chi connectivity index (χ0n) is 17.0. The van der Waals surface area contributed by atoms with Crippen LogP contribution in [0.2, 0.25) is 0 Å². The van der Waals surface area contributed by atoms with Gasteiger partial charge in [-0.25, -0.2) is 5.01 Å². The van der Waals surface area contributed by atoms with Crippen LogP contribution in [0, 0.1) is 0 Å². The first kappa shape index (κ1) is 20.9. The van der Waals surface area contributed by atoms with E-state index in [-0.39, 0.29) is 24.4 Å². The van der Waals surface area contributed by atoms with Crippen LogP contribution in [0.5, 0.6) is 11.5 Å². The van der Waals surface area contributed by atoms with E-state index in [0.717, 1.165) is 16.2 Å². The monoisotopic (exact) mass is 415 g/mol. The van der Waals surface area contributed by atoms with Crippen molar-refractivity contribution in [2.45, 2.75) is 25.8 Å². The maximum Gasteiger partial charge on any atom is 0.262 e. The van der Waals surface area contributed by atoms with Crippen molar-refractivity contribution in [2.24, 2.45) is 5.10 Å². The van der Waals surface area contributed by atoms with E-state index in [4.69, 9.17) is 9.47 Å². The first-order chi connectivity index (χ1) is 14.0. The highest BCUT2D eigenvalue weighted by molar-refractivity contribution is 7.12. The van der Waals surface area contributed by atoms with E-state index in [1.807, 2.05) is 35.7 Å². The Labute approximate surface area is 174 Å². The minimum atomic E-state index is -0.274. The fraction of sp³-hybridized carbons (Fsp3) is 0.381. The smallest absolute Gasteiger partial charge is 0.262 e. The summed E-state index contributed by atoms with van der Waals surface area (Å²) >= 11 is 1.59. The van der Waals surface area contributed by atoms with Gasteiger partial charge in [-0.05, 0) is 29.1 Å². The number of rotatable bonds is 7. The van der Waals surface area contributed by atoms with Crippen LogP contribution in [0.15, 0.2) is 40.8 Å². The molecule has 2 amide bonds. The standard InChI is InChI=1S/C21H25N3O4S/c1-5-20(25)23(2)13-21(26)24-16(12-15(22-24)19-7-6-10-29-19)14-8-9-17(27-3)18(11-14)28-4/h6-11,16H,5,12-13H2,1-4H3/t16-/m0/s1. The number of likely N-dealkylation sites (N-methyl/N-ethyl adjacent to an activating group) is 1. The molecule has 0 spiro atoms. The lowest BCUT2D eigenvalue weighted by molar-refractivity contribution is -0.140. The molecule has 0 unspecified atom stereocenters. The van der Waals surface area contributed by atoms with Gasteiger partial charge in [-0.15, -0.1) is 11.3 Å². The largest absolute Gasteiger partial charge is 0.493 e. The Morgan fingerprint density at radius 2 is 2.00 bits per heavy atom. The van der Waals surface area contributed by atoms with Crippen LogP contribution < -0.4 is 9.47 Å². The summed E-state index contributed by atoms with van der Waals surface area (Å²) < 4.78 is 10.7. The van der Waals surface area contributed by atoms with Crippen LogP contribution in [0.4, 0.5) is 0 Å². The molecule has 0 saturated heterocycles. The molecule has 1 aliphatic heterocycles. The van der Waals surface area contributed by atoms with Crippen molar-refractivity contribution < 1.29 is 19.1 Å². The van der Waals surface area contributed by atoms with Crippen LogP contribution in [0.1, 0.15) is 36.2 Å². The number of benzene rings is 1. The Balaban J connectivity index is 1.92. The van der Waals surface area contributed by atoms with Crippen molar-refractivity contribution >= 4 is 28.9 Å². The third-order valence-electron chi connectivity index (χ3n) is 4.86. The highest BCUT2D eigenvalue weighted by Gasteiger charge is 2.34. The molecule has 3 rings (SSSR count). The molecule has 154 valence electrons. The van der Waals surface area contributed by atoms with Crippen molar-refractivity contribution in [1.82, 2.24) is 9.91 Å². The number of hydrogen-bond donors (Lipinski definition) is 0. The summed E-state index contributed by atoms with van der Waals surface area (Å²) in [6.45, 7) is 1.76. The number of amides is 2. The third-order valence-corrected chi connectivity index (χ3v) is 5.78. The van der Waals surface area contributed by atoms with Gasteiger partial charge in [-0.1, -0.05) is 19.1 Å². The van der Waals surface area contributed by atoms with Crippen molar-refractivity contribution in [3.63, 3.8) is 0 Å². The molecule has 0 radical (unpaired) electrons. The summed E-state index contributed by atoms with van der Waals surface area (Å²) in [5, 5.41) is 8.11. The summed E-state index contributed by atoms with van der Waals surface area (Å²) in [5.74, 6) is 0.920. The first-order valence-corrected chi connectivity index (χ1v) is 10.3. The van der Waals surface area contributed by atoms with E-state index in [1.165, 1.54) is 9.91 Å². The van der Waals surface area contributed by atoms with E-state index in [0.29, 0.717) is 24.3 Å². The second-order valence-corrected chi connectivity index (χ2v) is 7.65. The van der Waals surface area contributed by atoms with Gasteiger partial charge in [0.05, 0.1) is 30.9 Å². The van der Waals surface area contributed by atoms with Crippen LogP contribution in [0.25, 0.3) is 0 Å². The van der Waals surface area contributed by atoms with Gasteiger partial charge in [-0.3, -0.25) is 9.59 Å². The SMILES string of the molecule is CCC(=O)N(C)CC(=O)N1N=C(c2cccs2)C[C@H]1c1ccc(OC)c(OC)c1. The highest BCUT2D eigenvalue weighted by Crippen LogP contribution is 2.37. The highest BCUT2D eigenvalue weighted by atomic mass is 32.1. The zero-order chi connectivity index (χ0) is 21.0. The van der Waals surface area contributed by atoms with E-state index in [1.54, 1.807) is 39.5 Å². The molecule has 1 aromatic heterocycles. The predicted molar refractivity (Wildman–Crippen MR) is 113 cm³/mol. The van der Waals surface area contributed by atoms with Crippen molar-refractivity contribution in [3.8, 4) is 11.5 Å². The van der Waals surface area contributed by atoms with Gasteiger partial charge < -0.3 is 14.4 Å². The molecule has 2 heterocycles. The van der Waals surface area contributed by atoms with Crippen molar-refractivity contribution in [2.75, 3.05) is 27.8 Å². The van der Waals surface area contributed by atoms with Gasteiger partial charge in [0, 0.05) is 19.9 Å². The molecular formula is C21H25N3O4S. The summed E-state index contributed by atoms with van der Waals surface area (Å²) in [6, 6.07) is 9.30. The van der Waals surface area contributed by atoms with E-state index >= 15 is 0 Å². The van der Waals surface area contributed by atoms with E-state index < -0.39 is 0 Å². The number of methoxy groups -OCH3 is 2. The number of nitrogens with zero attached hydrogens (tertiary/aromatic N) is 3. The molecule has 8 heteroatoms. The maximum atomic E-state index is 13.0. The van der Waals surface area contributed by atoms with Gasteiger partial charge >= 0.3 is 0 Å². The lowest BCUT2D eigenvalue weighted by atomic mass is 10.0. The molecular weight excluding hydrogens is 390 g/mol. The first-order valence-electron chi connectivity index (χ1n) is 9.37. The number of ether oxygens (including phenoxy) is 2. The number of thiophene rings is 1. The topological polar surface area (TPSA) is 71.4 Å². The van der Waals surface area contributed by atoms with Crippen LogP contribution in [0.3, 0.4) is 0 Å². The molecule has 7 nitrogen and oxygen atoms in total. The second-order valence-electron chi connectivity index (χ2n) is 6.70. The van der Waals surface area contributed by atoms with Crippen LogP contribution in [-0.2, 0) is 9.59 Å². The summed E-state index contributed by atoms with van der Waals surface area (Å²) in [7, 11) is 4.80. The van der Waals surface area contributed by atoms with E-state index in [9.17, 15) is 9.59 Å². The zero-order valence-corrected chi connectivity index (χ0v) is 17.9. The minimum Gasteiger partial charge on any atom is -0.493 e. The normalized spacial score (nSPS) is 15.8. The number of hydrazone groups is 1. The molecule has 0 saturated carbocycles. The lowest BCUT2D eigenvalue weighted by Gasteiger charge is -2.25. The number of hydrogen-bond acceptors (Lipinski definition) is 6. The molecule has 0 aliphatic carbocycles. The average Bonchev–Trinajstić information content (AvgIpc) is 3.42. The molecule has 1 atom stereocenters. The summed E-state index contributed by atoms with van der Waals surface area (Å²) in [4.78, 5) is 27.4. The van der Waals surface area contributed by atoms with Gasteiger partial charge in [0.25, 0.3) is 5.91 Å². The van der Waals surface area contributed by atoms with Gasteiger partial charge in [0.2, 0.25) is 5.91 Å². The Morgan fingerprint density at radius 3 is 2.62 bits per heavy atom. The maximum absolute atomic E-state index is 13.0. The number of carbonyl (C=O) groups excluding carboxylic acids is 2. The Hall–Kier alpha value is -2.87. The molecule has 0 bridgehead atoms. The van der Waals surface area contributed by atoms with Crippen LogP contribution >= 0.6 is 11.3 Å². The van der Waals surface area contributed by atoms with Gasteiger partial charge in [0.1, 0.15) is 6.54 Å². The Morgan fingerprint density at radius 1 is 1.24 bits per heavy atom. The minimum absolute atomic E-state index is 0.0162. The fourth-order valence-electron chi connectivity index (χ4n) is 3.28. The fourth-order valence-corrected chi connectivity index (χ4v) is 4.01. The molecule has 1 aromatic carbocycles. The third kappa shape index (κ3) is 4.42. The summed E-state index contributed by atoms with van der Waals surface area (Å²) in [6.07, 6.45) is 0.944. The van der Waals surface area contributed by atoms with Gasteiger partial charge in [0.15, 0.2) is 11.5 Å². The Kier molecular flexibility index (Phi) is 6.53.